The molecule has 6 N–H and O–H groups in total. The third-order valence-corrected chi connectivity index (χ3v) is 4.19. The topological polar surface area (TPSA) is 149 Å². The van der Waals surface area contributed by atoms with Crippen LogP contribution in [0.5, 0.6) is 0 Å². The van der Waals surface area contributed by atoms with Gasteiger partial charge in [0.15, 0.2) is 11.5 Å². The summed E-state index contributed by atoms with van der Waals surface area (Å²) >= 11 is 1.24. The van der Waals surface area contributed by atoms with Crippen LogP contribution in [0.4, 0.5) is 16.6 Å². The van der Waals surface area contributed by atoms with Crippen LogP contribution < -0.4 is 22.1 Å². The zero-order chi connectivity index (χ0) is 18.6. The molecule has 2 amide bonds. The monoisotopic (exact) mass is 363 g/mol. The van der Waals surface area contributed by atoms with Gasteiger partial charge >= 0.3 is 0 Å². The Morgan fingerprint density at radius 1 is 1.32 bits per heavy atom. The highest BCUT2D eigenvalue weighted by molar-refractivity contribution is 7.10. The van der Waals surface area contributed by atoms with Gasteiger partial charge < -0.3 is 22.1 Å². The number of nitrogens with one attached hydrogen (secondary N) is 2. The van der Waals surface area contributed by atoms with Crippen LogP contribution in [-0.2, 0) is 11.2 Å². The molecule has 0 fully saturated rings. The molecule has 25 heavy (non-hydrogen) atoms. The number of hydrogen-bond donors (Lipinski definition) is 4. The average Bonchev–Trinajstić information content (AvgIpc) is 2.99. The van der Waals surface area contributed by atoms with Crippen LogP contribution >= 0.6 is 11.5 Å². The summed E-state index contributed by atoms with van der Waals surface area (Å²) in [6.45, 7) is 5.71. The Kier molecular flexibility index (Phi) is 5.86. The van der Waals surface area contributed by atoms with E-state index in [0.29, 0.717) is 10.8 Å². The molecule has 0 saturated carbocycles. The summed E-state index contributed by atoms with van der Waals surface area (Å²) in [4.78, 5) is 31.5. The minimum absolute atomic E-state index is 0.00262. The van der Waals surface area contributed by atoms with E-state index in [0.717, 1.165) is 12.1 Å². The van der Waals surface area contributed by atoms with Crippen molar-refractivity contribution in [1.82, 2.24) is 14.3 Å². The van der Waals surface area contributed by atoms with Crippen molar-refractivity contribution in [2.24, 2.45) is 17.4 Å². The first kappa shape index (κ1) is 18.6. The molecule has 2 rings (SSSR count). The van der Waals surface area contributed by atoms with Gasteiger partial charge in [-0.25, -0.2) is 9.97 Å². The second-order valence-electron chi connectivity index (χ2n) is 5.75. The highest BCUT2D eigenvalue weighted by atomic mass is 32.1. The fourth-order valence-corrected chi connectivity index (χ4v) is 2.83. The first-order valence-corrected chi connectivity index (χ1v) is 8.54. The Balaban J connectivity index is 2.32. The number of amides is 2. The molecule has 2 heterocycles. The fraction of sp³-hybridized carbons (Fsp3) is 0.400. The van der Waals surface area contributed by atoms with Gasteiger partial charge in [-0.3, -0.25) is 9.59 Å². The highest BCUT2D eigenvalue weighted by Crippen LogP contribution is 2.24. The number of anilines is 3. The SMILES string of the molecule is CCc1cc(Nc2nc(N[C@@H](C(N)=O)C(C)C)cnc2C(N)=O)sn1. The molecule has 0 aliphatic carbocycles. The molecule has 0 radical (unpaired) electrons. The predicted molar refractivity (Wildman–Crippen MR) is 96.8 cm³/mol. The van der Waals surface area contributed by atoms with Gasteiger partial charge in [0.1, 0.15) is 16.9 Å². The molecule has 0 bridgehead atoms. The molecule has 0 aromatic carbocycles. The van der Waals surface area contributed by atoms with Crippen LogP contribution in [0.2, 0.25) is 0 Å². The van der Waals surface area contributed by atoms with Gasteiger partial charge in [-0.05, 0) is 29.9 Å². The van der Waals surface area contributed by atoms with E-state index in [1.807, 2.05) is 26.8 Å². The average molecular weight is 363 g/mol. The second-order valence-corrected chi connectivity index (χ2v) is 6.55. The number of nitrogens with two attached hydrogens (primary N) is 2. The fourth-order valence-electron chi connectivity index (χ4n) is 2.11. The summed E-state index contributed by atoms with van der Waals surface area (Å²) in [6.07, 6.45) is 2.14. The van der Waals surface area contributed by atoms with Crippen molar-refractivity contribution in [3.05, 3.63) is 23.7 Å². The maximum absolute atomic E-state index is 11.6. The van der Waals surface area contributed by atoms with Crippen molar-refractivity contribution in [2.75, 3.05) is 10.6 Å². The lowest BCUT2D eigenvalue weighted by molar-refractivity contribution is -0.119. The molecule has 134 valence electrons. The van der Waals surface area contributed by atoms with Crippen molar-refractivity contribution in [3.63, 3.8) is 0 Å². The Morgan fingerprint density at radius 2 is 2.04 bits per heavy atom. The lowest BCUT2D eigenvalue weighted by Gasteiger charge is -2.20. The Hall–Kier alpha value is -2.75. The Labute approximate surface area is 149 Å². The largest absolute Gasteiger partial charge is 0.368 e. The van der Waals surface area contributed by atoms with E-state index < -0.39 is 17.9 Å². The first-order chi connectivity index (χ1) is 11.8. The number of carbonyl (C=O) groups is 2. The number of carbonyl (C=O) groups excluding carboxylic acids is 2. The van der Waals surface area contributed by atoms with Crippen molar-refractivity contribution < 1.29 is 9.59 Å². The Bertz CT molecular complexity index is 775. The molecule has 9 nitrogen and oxygen atoms in total. The maximum atomic E-state index is 11.6. The zero-order valence-electron chi connectivity index (χ0n) is 14.2. The van der Waals surface area contributed by atoms with Crippen molar-refractivity contribution in [2.45, 2.75) is 33.2 Å². The molecule has 10 heteroatoms. The molecular formula is C15H21N7O2S. The lowest BCUT2D eigenvalue weighted by Crippen LogP contribution is -2.39. The van der Waals surface area contributed by atoms with Crippen LogP contribution in [-0.4, -0.2) is 32.2 Å². The molecule has 0 aliphatic rings. The second kappa shape index (κ2) is 7.88. The number of primary amides is 2. The minimum Gasteiger partial charge on any atom is -0.368 e. The number of rotatable bonds is 8. The van der Waals surface area contributed by atoms with E-state index in [1.165, 1.54) is 17.7 Å². The molecule has 1 atom stereocenters. The number of nitrogens with zero attached hydrogens (tertiary/aromatic N) is 3. The van der Waals surface area contributed by atoms with Gasteiger partial charge in [0, 0.05) is 0 Å². The molecule has 0 saturated heterocycles. The molecule has 0 spiro atoms. The van der Waals surface area contributed by atoms with Crippen LogP contribution in [0.3, 0.4) is 0 Å². The van der Waals surface area contributed by atoms with E-state index in [1.54, 1.807) is 0 Å². The summed E-state index contributed by atoms with van der Waals surface area (Å²) in [5, 5.41) is 6.65. The third kappa shape index (κ3) is 4.63. The zero-order valence-corrected chi connectivity index (χ0v) is 15.1. The molecular weight excluding hydrogens is 342 g/mol. The summed E-state index contributed by atoms with van der Waals surface area (Å²) in [6, 6.07) is 1.24. The van der Waals surface area contributed by atoms with Crippen molar-refractivity contribution in [3.8, 4) is 0 Å². The van der Waals surface area contributed by atoms with E-state index >= 15 is 0 Å². The first-order valence-electron chi connectivity index (χ1n) is 7.77. The molecule has 0 unspecified atom stereocenters. The summed E-state index contributed by atoms with van der Waals surface area (Å²) in [7, 11) is 0. The van der Waals surface area contributed by atoms with Crippen LogP contribution in [0.15, 0.2) is 12.3 Å². The molecule has 2 aromatic rings. The third-order valence-electron chi connectivity index (χ3n) is 3.45. The van der Waals surface area contributed by atoms with Crippen molar-refractivity contribution in [1.29, 1.82) is 0 Å². The quantitative estimate of drug-likeness (QED) is 0.551. The molecule has 2 aromatic heterocycles. The summed E-state index contributed by atoms with van der Waals surface area (Å²) in [5.74, 6) is -0.751. The number of hydrogen-bond acceptors (Lipinski definition) is 8. The summed E-state index contributed by atoms with van der Waals surface area (Å²) < 4.78 is 4.26. The number of aromatic nitrogens is 3. The van der Waals surface area contributed by atoms with E-state index in [-0.39, 0.29) is 17.4 Å². The normalized spacial score (nSPS) is 12.0. The lowest BCUT2D eigenvalue weighted by atomic mass is 10.0. The van der Waals surface area contributed by atoms with Gasteiger partial charge in [-0.2, -0.15) is 4.37 Å². The van der Waals surface area contributed by atoms with Crippen LogP contribution in [0.1, 0.15) is 37.0 Å². The highest BCUT2D eigenvalue weighted by Gasteiger charge is 2.21. The van der Waals surface area contributed by atoms with Crippen LogP contribution in [0, 0.1) is 5.92 Å². The van der Waals surface area contributed by atoms with E-state index in [4.69, 9.17) is 11.5 Å². The van der Waals surface area contributed by atoms with Gasteiger partial charge in [-0.15, -0.1) is 0 Å². The van der Waals surface area contributed by atoms with Crippen LogP contribution in [0.25, 0.3) is 0 Å². The van der Waals surface area contributed by atoms with Crippen molar-refractivity contribution >= 4 is 40.0 Å². The predicted octanol–water partition coefficient (Wildman–Crippen LogP) is 1.26. The van der Waals surface area contributed by atoms with Gasteiger partial charge in [-0.1, -0.05) is 20.8 Å². The maximum Gasteiger partial charge on any atom is 0.271 e. The van der Waals surface area contributed by atoms with Gasteiger partial charge in [0.25, 0.3) is 5.91 Å². The van der Waals surface area contributed by atoms with Gasteiger partial charge in [0.05, 0.1) is 11.9 Å². The standard InChI is InChI=1S/C15H21N7O2S/c1-4-8-5-10(25-22-8)21-15-12(14(17)24)18-6-9(20-15)19-11(7(2)3)13(16)23/h5-7,11H,4H2,1-3H3,(H2,16,23)(H2,17,24)(H2,19,20,21)/t11-/m1/s1. The smallest absolute Gasteiger partial charge is 0.271 e. The molecule has 0 aliphatic heterocycles. The van der Waals surface area contributed by atoms with Gasteiger partial charge in [0.2, 0.25) is 5.91 Å². The van der Waals surface area contributed by atoms with E-state index in [2.05, 4.69) is 25.0 Å². The Morgan fingerprint density at radius 3 is 2.56 bits per heavy atom. The van der Waals surface area contributed by atoms with E-state index in [9.17, 15) is 9.59 Å². The number of aryl methyl sites for hydroxylation is 1. The summed E-state index contributed by atoms with van der Waals surface area (Å²) in [5.41, 5.74) is 11.7. The minimum atomic E-state index is -0.711.